The summed E-state index contributed by atoms with van der Waals surface area (Å²) in [6, 6.07) is 0. The summed E-state index contributed by atoms with van der Waals surface area (Å²) in [5.41, 5.74) is 0.290. The molecule has 0 aromatic carbocycles. The van der Waals surface area contributed by atoms with E-state index in [0.29, 0.717) is 10.2 Å². The molecule has 0 aromatic heterocycles. The van der Waals surface area contributed by atoms with Crippen molar-refractivity contribution in [3.8, 4) is 0 Å². The van der Waals surface area contributed by atoms with Crippen LogP contribution >= 0.6 is 15.9 Å². The van der Waals surface area contributed by atoms with Gasteiger partial charge in [0.2, 0.25) is 0 Å². The molecule has 1 saturated carbocycles. The minimum absolute atomic E-state index is 0.290. The maximum atomic E-state index is 5.92. The third-order valence-electron chi connectivity index (χ3n) is 4.87. The molecule has 3 heteroatoms. The summed E-state index contributed by atoms with van der Waals surface area (Å²) < 4.78 is 11.8. The number of rotatable bonds is 4. The SMILES string of the molecule is CCCC(Br)C[C@H]1CC2(COC(C)(C)OC2)C[C@@H]1C. The van der Waals surface area contributed by atoms with Crippen molar-refractivity contribution < 1.29 is 9.47 Å². The van der Waals surface area contributed by atoms with Gasteiger partial charge in [-0.15, -0.1) is 0 Å². The van der Waals surface area contributed by atoms with Crippen LogP contribution in [-0.4, -0.2) is 23.8 Å². The van der Waals surface area contributed by atoms with E-state index in [1.165, 1.54) is 32.1 Å². The molecule has 2 nitrogen and oxygen atoms in total. The summed E-state index contributed by atoms with van der Waals surface area (Å²) in [6.07, 6.45) is 6.40. The van der Waals surface area contributed by atoms with Crippen molar-refractivity contribution in [2.45, 2.75) is 70.4 Å². The third-order valence-corrected chi connectivity index (χ3v) is 5.70. The summed E-state index contributed by atoms with van der Waals surface area (Å²) in [7, 11) is 0. The van der Waals surface area contributed by atoms with Crippen molar-refractivity contribution >= 4 is 15.9 Å². The summed E-state index contributed by atoms with van der Waals surface area (Å²) >= 11 is 3.84. The van der Waals surface area contributed by atoms with Crippen LogP contribution in [0.15, 0.2) is 0 Å². The largest absolute Gasteiger partial charge is 0.350 e. The van der Waals surface area contributed by atoms with Gasteiger partial charge in [-0.3, -0.25) is 0 Å². The summed E-state index contributed by atoms with van der Waals surface area (Å²) in [6.45, 7) is 10.5. The van der Waals surface area contributed by atoms with E-state index in [9.17, 15) is 0 Å². The first-order valence-electron chi connectivity index (χ1n) is 7.78. The molecule has 1 spiro atoms. The fraction of sp³-hybridized carbons (Fsp3) is 1.00. The van der Waals surface area contributed by atoms with Crippen LogP contribution in [0.1, 0.15) is 59.8 Å². The second-order valence-electron chi connectivity index (χ2n) is 7.24. The number of ether oxygens (including phenoxy) is 2. The zero-order valence-corrected chi connectivity index (χ0v) is 14.5. The molecule has 19 heavy (non-hydrogen) atoms. The Morgan fingerprint density at radius 1 is 1.21 bits per heavy atom. The Labute approximate surface area is 126 Å². The van der Waals surface area contributed by atoms with Gasteiger partial charge >= 0.3 is 0 Å². The quantitative estimate of drug-likeness (QED) is 0.691. The van der Waals surface area contributed by atoms with Crippen LogP contribution in [0.5, 0.6) is 0 Å². The fourth-order valence-electron chi connectivity index (χ4n) is 3.74. The van der Waals surface area contributed by atoms with Gasteiger partial charge in [0, 0.05) is 10.2 Å². The Morgan fingerprint density at radius 2 is 1.84 bits per heavy atom. The lowest BCUT2D eigenvalue weighted by molar-refractivity contribution is -0.285. The van der Waals surface area contributed by atoms with Crippen molar-refractivity contribution in [3.05, 3.63) is 0 Å². The highest BCUT2D eigenvalue weighted by Crippen LogP contribution is 2.50. The van der Waals surface area contributed by atoms with Gasteiger partial charge in [-0.2, -0.15) is 0 Å². The predicted octanol–water partition coefficient (Wildman–Crippen LogP) is 4.76. The molecule has 3 atom stereocenters. The molecule has 2 aliphatic rings. The number of alkyl halides is 1. The lowest BCUT2D eigenvalue weighted by atomic mass is 9.85. The Hall–Kier alpha value is 0.400. The second kappa shape index (κ2) is 6.03. The Balaban J connectivity index is 1.90. The highest BCUT2D eigenvalue weighted by atomic mass is 79.9. The first-order chi connectivity index (χ1) is 8.86. The lowest BCUT2D eigenvalue weighted by Gasteiger charge is -2.41. The van der Waals surface area contributed by atoms with Crippen LogP contribution < -0.4 is 0 Å². The Morgan fingerprint density at radius 3 is 2.42 bits per heavy atom. The van der Waals surface area contributed by atoms with Crippen molar-refractivity contribution in [3.63, 3.8) is 0 Å². The van der Waals surface area contributed by atoms with Crippen LogP contribution in [0.25, 0.3) is 0 Å². The van der Waals surface area contributed by atoms with Gasteiger partial charge in [0.05, 0.1) is 13.2 Å². The Kier molecular flexibility index (Phi) is 5.01. The minimum atomic E-state index is -0.382. The van der Waals surface area contributed by atoms with Crippen molar-refractivity contribution in [2.75, 3.05) is 13.2 Å². The maximum Gasteiger partial charge on any atom is 0.162 e. The van der Waals surface area contributed by atoms with Crippen LogP contribution in [0.2, 0.25) is 0 Å². The highest BCUT2D eigenvalue weighted by Gasteiger charge is 2.48. The van der Waals surface area contributed by atoms with E-state index in [-0.39, 0.29) is 5.79 Å². The van der Waals surface area contributed by atoms with Gasteiger partial charge in [-0.05, 0) is 51.4 Å². The van der Waals surface area contributed by atoms with Gasteiger partial charge < -0.3 is 9.47 Å². The topological polar surface area (TPSA) is 18.5 Å². The molecule has 0 radical (unpaired) electrons. The van der Waals surface area contributed by atoms with Crippen LogP contribution in [0.3, 0.4) is 0 Å². The molecule has 0 N–H and O–H groups in total. The van der Waals surface area contributed by atoms with E-state index in [1.807, 2.05) is 13.8 Å². The Bertz CT molecular complexity index is 293. The van der Waals surface area contributed by atoms with Gasteiger partial charge in [-0.1, -0.05) is 36.2 Å². The molecule has 1 heterocycles. The van der Waals surface area contributed by atoms with Gasteiger partial charge in [-0.25, -0.2) is 0 Å². The van der Waals surface area contributed by atoms with Crippen molar-refractivity contribution in [1.82, 2.24) is 0 Å². The van der Waals surface area contributed by atoms with E-state index in [4.69, 9.17) is 9.47 Å². The van der Waals surface area contributed by atoms with Crippen LogP contribution in [0.4, 0.5) is 0 Å². The van der Waals surface area contributed by atoms with Gasteiger partial charge in [0.1, 0.15) is 0 Å². The maximum absolute atomic E-state index is 5.92. The number of hydrogen-bond acceptors (Lipinski definition) is 2. The lowest BCUT2D eigenvalue weighted by Crippen LogP contribution is -2.45. The smallest absolute Gasteiger partial charge is 0.162 e. The second-order valence-corrected chi connectivity index (χ2v) is 8.54. The van der Waals surface area contributed by atoms with Crippen molar-refractivity contribution in [1.29, 1.82) is 0 Å². The zero-order chi connectivity index (χ0) is 14.1. The molecule has 2 fully saturated rings. The molecule has 112 valence electrons. The fourth-order valence-corrected chi connectivity index (χ4v) is 4.68. The normalized spacial score (nSPS) is 34.6. The monoisotopic (exact) mass is 332 g/mol. The average molecular weight is 333 g/mol. The zero-order valence-electron chi connectivity index (χ0n) is 12.9. The summed E-state index contributed by atoms with van der Waals surface area (Å²) in [5.74, 6) is 1.24. The molecular weight excluding hydrogens is 304 g/mol. The first kappa shape index (κ1) is 15.8. The number of hydrogen-bond donors (Lipinski definition) is 0. The molecule has 1 unspecified atom stereocenters. The predicted molar refractivity (Wildman–Crippen MR) is 82.5 cm³/mol. The molecule has 0 amide bonds. The number of halogens is 1. The highest BCUT2D eigenvalue weighted by molar-refractivity contribution is 9.09. The molecule has 1 aliphatic heterocycles. The van der Waals surface area contributed by atoms with Crippen molar-refractivity contribution in [2.24, 2.45) is 17.3 Å². The average Bonchev–Trinajstić information content (AvgIpc) is 2.62. The van der Waals surface area contributed by atoms with Gasteiger partial charge in [0.15, 0.2) is 5.79 Å². The molecule has 2 rings (SSSR count). The van der Waals surface area contributed by atoms with E-state index in [1.54, 1.807) is 0 Å². The summed E-state index contributed by atoms with van der Waals surface area (Å²) in [4.78, 5) is 0.682. The van der Waals surface area contributed by atoms with E-state index in [0.717, 1.165) is 25.0 Å². The molecular formula is C16H29BrO2. The van der Waals surface area contributed by atoms with Crippen LogP contribution in [0, 0.1) is 17.3 Å². The van der Waals surface area contributed by atoms with Gasteiger partial charge in [0.25, 0.3) is 0 Å². The molecule has 0 aromatic rings. The summed E-state index contributed by atoms with van der Waals surface area (Å²) in [5, 5.41) is 0. The molecule has 0 bridgehead atoms. The third kappa shape index (κ3) is 3.95. The van der Waals surface area contributed by atoms with E-state index >= 15 is 0 Å². The standard InChI is InChI=1S/C16H29BrO2/c1-5-6-14(17)7-13-9-16(8-12(13)2)10-18-15(3,4)19-11-16/h12-14H,5-11H2,1-4H3/t12-,13-,14?/m0/s1. The molecule has 1 aliphatic carbocycles. The van der Waals surface area contributed by atoms with Crippen LogP contribution in [-0.2, 0) is 9.47 Å². The molecule has 1 saturated heterocycles. The van der Waals surface area contributed by atoms with E-state index in [2.05, 4.69) is 29.8 Å². The minimum Gasteiger partial charge on any atom is -0.350 e. The first-order valence-corrected chi connectivity index (χ1v) is 8.69. The van der Waals surface area contributed by atoms with E-state index < -0.39 is 0 Å².